The Hall–Kier alpha value is -1.82. The van der Waals surface area contributed by atoms with E-state index in [1.807, 2.05) is 24.6 Å². The van der Waals surface area contributed by atoms with Crippen molar-refractivity contribution < 1.29 is 9.59 Å². The van der Waals surface area contributed by atoms with Crippen molar-refractivity contribution >= 4 is 39.3 Å². The van der Waals surface area contributed by atoms with Gasteiger partial charge in [0.2, 0.25) is 6.41 Å². The topological polar surface area (TPSA) is 68.3 Å². The van der Waals surface area contributed by atoms with Gasteiger partial charge in [0, 0.05) is 29.6 Å². The van der Waals surface area contributed by atoms with Gasteiger partial charge in [-0.3, -0.25) is 9.36 Å². The van der Waals surface area contributed by atoms with E-state index in [-0.39, 0.29) is 12.4 Å². The van der Waals surface area contributed by atoms with E-state index in [4.69, 9.17) is 4.79 Å². The summed E-state index contributed by atoms with van der Waals surface area (Å²) in [5, 5.41) is 1.21. The summed E-state index contributed by atoms with van der Waals surface area (Å²) in [4.78, 5) is 23.1. The normalized spacial score (nSPS) is 14.9. The highest BCUT2D eigenvalue weighted by Crippen LogP contribution is 2.33. The molecule has 0 bridgehead atoms. The molecule has 5 nitrogen and oxygen atoms in total. The average Bonchev–Trinajstić information content (AvgIpc) is 2.84. The van der Waals surface area contributed by atoms with Gasteiger partial charge < -0.3 is 10.6 Å². The first-order valence-corrected chi connectivity index (χ1v) is 10.5. The number of halogens is 1. The van der Waals surface area contributed by atoms with Crippen molar-refractivity contribution in [1.82, 2.24) is 9.47 Å². The maximum absolute atomic E-state index is 12.7. The molecule has 0 saturated heterocycles. The van der Waals surface area contributed by atoms with Crippen molar-refractivity contribution in [1.29, 1.82) is 0 Å². The van der Waals surface area contributed by atoms with Crippen molar-refractivity contribution in [3.05, 3.63) is 34.4 Å². The van der Waals surface area contributed by atoms with E-state index in [0.29, 0.717) is 6.54 Å². The van der Waals surface area contributed by atoms with Gasteiger partial charge in [-0.25, -0.2) is 4.79 Å². The molecule has 1 saturated carbocycles. The fourth-order valence-corrected chi connectivity index (χ4v) is 4.44. The first-order chi connectivity index (χ1) is 13.0. The predicted molar refractivity (Wildman–Crippen MR) is 114 cm³/mol. The summed E-state index contributed by atoms with van der Waals surface area (Å²) in [5.74, 6) is 0.748. The number of carbonyl (C=O) groups is 2. The third-order valence-electron chi connectivity index (χ3n) is 5.35. The Morgan fingerprint density at radius 1 is 1.30 bits per heavy atom. The zero-order chi connectivity index (χ0) is 19.8. The molecule has 1 aliphatic rings. The lowest BCUT2D eigenvalue weighted by Crippen LogP contribution is -2.30. The molecule has 6 heteroatoms. The third-order valence-corrected chi connectivity index (χ3v) is 6.01. The fourth-order valence-electron chi connectivity index (χ4n) is 3.83. The first kappa shape index (κ1) is 21.5. The number of nitrogens with two attached hydrogens (primary N) is 1. The van der Waals surface area contributed by atoms with Crippen LogP contribution in [0.3, 0.4) is 0 Å². The molecule has 0 aliphatic heterocycles. The van der Waals surface area contributed by atoms with Gasteiger partial charge in [-0.15, -0.1) is 0 Å². The Labute approximate surface area is 170 Å². The first-order valence-electron chi connectivity index (χ1n) is 9.72. The molecule has 0 radical (unpaired) electrons. The quantitative estimate of drug-likeness (QED) is 0.547. The molecule has 1 fully saturated rings. The summed E-state index contributed by atoms with van der Waals surface area (Å²) in [7, 11) is 1.86. The van der Waals surface area contributed by atoms with Crippen LogP contribution in [-0.4, -0.2) is 35.5 Å². The van der Waals surface area contributed by atoms with Crippen LogP contribution in [0.5, 0.6) is 0 Å². The van der Waals surface area contributed by atoms with E-state index < -0.39 is 0 Å². The van der Waals surface area contributed by atoms with Gasteiger partial charge in [0.05, 0.1) is 5.52 Å². The van der Waals surface area contributed by atoms with Crippen LogP contribution in [0.4, 0.5) is 4.79 Å². The second-order valence-corrected chi connectivity index (χ2v) is 8.01. The molecule has 2 amide bonds. The van der Waals surface area contributed by atoms with Gasteiger partial charge in [-0.2, -0.15) is 0 Å². The summed E-state index contributed by atoms with van der Waals surface area (Å²) in [6, 6.07) is 6.19. The lowest BCUT2D eigenvalue weighted by Gasteiger charge is -2.15. The monoisotopic (exact) mass is 435 g/mol. The molecule has 1 aliphatic carbocycles. The van der Waals surface area contributed by atoms with Gasteiger partial charge >= 0.3 is 6.03 Å². The Morgan fingerprint density at radius 2 is 1.93 bits per heavy atom. The number of aromatic nitrogens is 1. The van der Waals surface area contributed by atoms with Crippen LogP contribution >= 0.6 is 15.9 Å². The molecular formula is C21H30BrN3O2. The molecule has 1 aromatic carbocycles. The molecule has 2 aromatic rings. The van der Waals surface area contributed by atoms with Crippen LogP contribution in [-0.2, 0) is 11.2 Å². The summed E-state index contributed by atoms with van der Waals surface area (Å²) in [5.41, 5.74) is 6.49. The minimum Gasteiger partial charge on any atom is -0.372 e. The molecule has 2 N–H and O–H groups in total. The van der Waals surface area contributed by atoms with Crippen LogP contribution in [0, 0.1) is 5.92 Å². The second kappa shape index (κ2) is 10.5. The minimum absolute atomic E-state index is 0.0488. The maximum Gasteiger partial charge on any atom is 0.328 e. The van der Waals surface area contributed by atoms with E-state index >= 15 is 0 Å². The van der Waals surface area contributed by atoms with Crippen molar-refractivity contribution in [2.45, 2.75) is 51.9 Å². The minimum atomic E-state index is 0.0488. The number of primary amides is 1. The van der Waals surface area contributed by atoms with E-state index in [9.17, 15) is 4.79 Å². The van der Waals surface area contributed by atoms with Crippen LogP contribution in [0.25, 0.3) is 10.9 Å². The number of hydrogen-bond donors (Lipinski definition) is 1. The highest BCUT2D eigenvalue weighted by molar-refractivity contribution is 9.10. The zero-order valence-corrected chi connectivity index (χ0v) is 17.9. The number of benzene rings is 1. The molecule has 1 heterocycles. The highest BCUT2D eigenvalue weighted by Gasteiger charge is 2.20. The van der Waals surface area contributed by atoms with E-state index in [1.54, 1.807) is 4.90 Å². The molecule has 0 spiro atoms. The van der Waals surface area contributed by atoms with Gasteiger partial charge in [-0.05, 0) is 37.0 Å². The van der Waals surface area contributed by atoms with E-state index in [2.05, 4.69) is 40.0 Å². The van der Waals surface area contributed by atoms with Crippen LogP contribution < -0.4 is 5.73 Å². The van der Waals surface area contributed by atoms with Crippen molar-refractivity contribution in [2.75, 3.05) is 13.6 Å². The number of hydrogen-bond acceptors (Lipinski definition) is 2. The standard InChI is InChI=1S/C20H27BrN2O.CH3NO/c1-3-22(2)20(24)23-14-16(13-15-9-6-4-5-7-10-15)19-17(21)11-8-12-18(19)23;2-1-3/h8,11-12,14-15H,3-7,9-10,13H2,1-2H3;1H,(H2,2,3). The van der Waals surface area contributed by atoms with Crippen molar-refractivity contribution in [3.63, 3.8) is 0 Å². The molecule has 0 atom stereocenters. The van der Waals surface area contributed by atoms with Crippen LogP contribution in [0.15, 0.2) is 28.9 Å². The van der Waals surface area contributed by atoms with E-state index in [0.717, 1.165) is 22.3 Å². The molecule has 27 heavy (non-hydrogen) atoms. The summed E-state index contributed by atoms with van der Waals surface area (Å²) in [6.45, 7) is 2.72. The summed E-state index contributed by atoms with van der Waals surface area (Å²) in [6.07, 6.45) is 11.5. The summed E-state index contributed by atoms with van der Waals surface area (Å²) >= 11 is 3.71. The molecular weight excluding hydrogens is 406 g/mol. The van der Waals surface area contributed by atoms with Gasteiger partial charge in [0.25, 0.3) is 0 Å². The highest BCUT2D eigenvalue weighted by atomic mass is 79.9. The Kier molecular flexibility index (Phi) is 8.35. The second-order valence-electron chi connectivity index (χ2n) is 7.15. The zero-order valence-electron chi connectivity index (χ0n) is 16.3. The van der Waals surface area contributed by atoms with Crippen molar-refractivity contribution in [2.24, 2.45) is 11.7 Å². The SMILES string of the molecule is CCN(C)C(=O)n1cc(CC2CCCCCC2)c2c(Br)cccc21.NC=O. The predicted octanol–water partition coefficient (Wildman–Crippen LogP) is 4.94. The molecule has 3 rings (SSSR count). The lowest BCUT2D eigenvalue weighted by atomic mass is 9.92. The number of amides is 2. The fraction of sp³-hybridized carbons (Fsp3) is 0.524. The summed E-state index contributed by atoms with van der Waals surface area (Å²) < 4.78 is 2.92. The van der Waals surface area contributed by atoms with E-state index in [1.165, 1.54) is 49.5 Å². The molecule has 1 aromatic heterocycles. The van der Waals surface area contributed by atoms with Crippen molar-refractivity contribution in [3.8, 4) is 0 Å². The van der Waals surface area contributed by atoms with Crippen LogP contribution in [0.1, 0.15) is 51.0 Å². The Bertz CT molecular complexity index is 764. The van der Waals surface area contributed by atoms with Gasteiger partial charge in [0.15, 0.2) is 0 Å². The van der Waals surface area contributed by atoms with Gasteiger partial charge in [-0.1, -0.05) is 60.5 Å². The third kappa shape index (κ3) is 5.34. The van der Waals surface area contributed by atoms with Gasteiger partial charge in [0.1, 0.15) is 0 Å². The largest absolute Gasteiger partial charge is 0.372 e. The molecule has 0 unspecified atom stereocenters. The lowest BCUT2D eigenvalue weighted by molar-refractivity contribution is -0.106. The number of carbonyl (C=O) groups excluding carboxylic acids is 2. The maximum atomic E-state index is 12.7. The van der Waals surface area contributed by atoms with Crippen LogP contribution in [0.2, 0.25) is 0 Å². The molecule has 148 valence electrons. The number of fused-ring (bicyclic) bond motifs is 1. The Morgan fingerprint density at radius 3 is 2.52 bits per heavy atom. The number of rotatable bonds is 3. The number of nitrogens with zero attached hydrogens (tertiary/aromatic N) is 2. The Balaban J connectivity index is 0.000000817. The smallest absolute Gasteiger partial charge is 0.328 e. The average molecular weight is 436 g/mol.